The van der Waals surface area contributed by atoms with Crippen LogP contribution >= 0.6 is 0 Å². The van der Waals surface area contributed by atoms with Crippen LogP contribution in [0, 0.1) is 0 Å². The number of anilines is 1. The second-order valence-corrected chi connectivity index (χ2v) is 4.36. The van der Waals surface area contributed by atoms with Gasteiger partial charge in [0.15, 0.2) is 0 Å². The molecule has 0 atom stereocenters. The topological polar surface area (TPSA) is 47.1 Å². The molecule has 1 aromatic heterocycles. The number of likely N-dealkylation sites (tertiary alicyclic amines) is 1. The maximum absolute atomic E-state index is 5.89. The number of nitrogens with two attached hydrogens (primary N) is 1. The van der Waals surface area contributed by atoms with Gasteiger partial charge in [-0.1, -0.05) is 12.8 Å². The van der Waals surface area contributed by atoms with Gasteiger partial charge in [-0.05, 0) is 25.9 Å². The van der Waals surface area contributed by atoms with Crippen molar-refractivity contribution in [1.29, 1.82) is 0 Å². The zero-order valence-corrected chi connectivity index (χ0v) is 9.45. The fraction of sp³-hybridized carbons (Fsp3) is 0.727. The zero-order valence-electron chi connectivity index (χ0n) is 9.45. The summed E-state index contributed by atoms with van der Waals surface area (Å²) < 4.78 is 1.89. The monoisotopic (exact) mass is 208 g/mol. The standard InChI is InChI=1S/C11H20N4/c1-14-11(10(12)8-13-14)9-15-6-4-2-3-5-7-15/h8H,2-7,9,12H2,1H3. The molecule has 0 aliphatic carbocycles. The Kier molecular flexibility index (Phi) is 3.26. The lowest BCUT2D eigenvalue weighted by Crippen LogP contribution is -2.25. The highest BCUT2D eigenvalue weighted by atomic mass is 15.3. The first-order valence-electron chi connectivity index (χ1n) is 5.76. The van der Waals surface area contributed by atoms with Gasteiger partial charge < -0.3 is 5.73 Å². The molecule has 2 rings (SSSR count). The van der Waals surface area contributed by atoms with Gasteiger partial charge in [-0.3, -0.25) is 9.58 Å². The summed E-state index contributed by atoms with van der Waals surface area (Å²) in [6.45, 7) is 3.34. The third-order valence-corrected chi connectivity index (χ3v) is 3.17. The Labute approximate surface area is 91.1 Å². The van der Waals surface area contributed by atoms with Crippen molar-refractivity contribution < 1.29 is 0 Å². The number of nitrogen functional groups attached to an aromatic ring is 1. The fourth-order valence-corrected chi connectivity index (χ4v) is 2.18. The minimum absolute atomic E-state index is 0.821. The largest absolute Gasteiger partial charge is 0.396 e. The highest BCUT2D eigenvalue weighted by molar-refractivity contribution is 5.40. The van der Waals surface area contributed by atoms with Crippen molar-refractivity contribution in [1.82, 2.24) is 14.7 Å². The summed E-state index contributed by atoms with van der Waals surface area (Å²) in [5.41, 5.74) is 7.86. The van der Waals surface area contributed by atoms with Crippen LogP contribution in [0.25, 0.3) is 0 Å². The third-order valence-electron chi connectivity index (χ3n) is 3.17. The molecule has 1 aliphatic heterocycles. The van der Waals surface area contributed by atoms with Gasteiger partial charge >= 0.3 is 0 Å². The van der Waals surface area contributed by atoms with Gasteiger partial charge in [0.25, 0.3) is 0 Å². The van der Waals surface area contributed by atoms with Gasteiger partial charge in [0.1, 0.15) is 0 Å². The normalized spacial score (nSPS) is 19.0. The van der Waals surface area contributed by atoms with Gasteiger partial charge in [-0.25, -0.2) is 0 Å². The van der Waals surface area contributed by atoms with Crippen LogP contribution in [-0.4, -0.2) is 27.8 Å². The molecule has 84 valence electrons. The Morgan fingerprint density at radius 3 is 2.47 bits per heavy atom. The van der Waals surface area contributed by atoms with Crippen molar-refractivity contribution in [3.8, 4) is 0 Å². The molecule has 1 aromatic rings. The van der Waals surface area contributed by atoms with E-state index in [4.69, 9.17) is 5.73 Å². The lowest BCUT2D eigenvalue weighted by Gasteiger charge is -2.19. The van der Waals surface area contributed by atoms with E-state index in [0.29, 0.717) is 0 Å². The van der Waals surface area contributed by atoms with Gasteiger partial charge in [-0.15, -0.1) is 0 Å². The van der Waals surface area contributed by atoms with E-state index in [2.05, 4.69) is 10.00 Å². The van der Waals surface area contributed by atoms with Crippen LogP contribution in [0.2, 0.25) is 0 Å². The van der Waals surface area contributed by atoms with Crippen LogP contribution in [0.1, 0.15) is 31.4 Å². The highest BCUT2D eigenvalue weighted by Crippen LogP contribution is 2.16. The Balaban J connectivity index is 2.00. The first-order valence-corrected chi connectivity index (χ1v) is 5.76. The van der Waals surface area contributed by atoms with Crippen molar-refractivity contribution in [2.75, 3.05) is 18.8 Å². The summed E-state index contributed by atoms with van der Waals surface area (Å²) >= 11 is 0. The lowest BCUT2D eigenvalue weighted by atomic mass is 10.2. The molecule has 0 radical (unpaired) electrons. The molecule has 0 unspecified atom stereocenters. The van der Waals surface area contributed by atoms with Gasteiger partial charge in [0.2, 0.25) is 0 Å². The average Bonchev–Trinajstić information content (AvgIpc) is 2.49. The van der Waals surface area contributed by atoms with Crippen molar-refractivity contribution in [3.05, 3.63) is 11.9 Å². The van der Waals surface area contributed by atoms with Gasteiger partial charge in [-0.2, -0.15) is 5.10 Å². The number of nitrogens with zero attached hydrogens (tertiary/aromatic N) is 3. The van der Waals surface area contributed by atoms with Crippen molar-refractivity contribution in [3.63, 3.8) is 0 Å². The van der Waals surface area contributed by atoms with Crippen LogP contribution < -0.4 is 5.73 Å². The summed E-state index contributed by atoms with van der Waals surface area (Å²) in [5, 5.41) is 4.17. The Morgan fingerprint density at radius 2 is 1.93 bits per heavy atom. The molecule has 1 aliphatic rings. The molecule has 4 nitrogen and oxygen atoms in total. The Morgan fingerprint density at radius 1 is 1.27 bits per heavy atom. The van der Waals surface area contributed by atoms with E-state index in [-0.39, 0.29) is 0 Å². The maximum atomic E-state index is 5.89. The number of hydrogen-bond acceptors (Lipinski definition) is 3. The van der Waals surface area contributed by atoms with Gasteiger partial charge in [0, 0.05) is 13.6 Å². The Hall–Kier alpha value is -1.03. The summed E-state index contributed by atoms with van der Waals surface area (Å²) in [6.07, 6.45) is 7.12. The Bertz CT molecular complexity index is 291. The minimum atomic E-state index is 0.821. The zero-order chi connectivity index (χ0) is 10.7. The minimum Gasteiger partial charge on any atom is -0.396 e. The summed E-state index contributed by atoms with van der Waals surface area (Å²) in [5.74, 6) is 0. The second kappa shape index (κ2) is 4.66. The molecule has 15 heavy (non-hydrogen) atoms. The first-order chi connectivity index (χ1) is 7.27. The molecule has 0 spiro atoms. The van der Waals surface area contributed by atoms with Crippen molar-refractivity contribution in [2.45, 2.75) is 32.2 Å². The summed E-state index contributed by atoms with van der Waals surface area (Å²) in [6, 6.07) is 0. The third kappa shape index (κ3) is 2.50. The van der Waals surface area contributed by atoms with Crippen LogP contribution in [0.15, 0.2) is 6.20 Å². The number of hydrogen-bond donors (Lipinski definition) is 1. The van der Waals surface area contributed by atoms with E-state index in [1.807, 2.05) is 11.7 Å². The van der Waals surface area contributed by atoms with E-state index in [1.165, 1.54) is 38.8 Å². The van der Waals surface area contributed by atoms with Crippen molar-refractivity contribution in [2.24, 2.45) is 7.05 Å². The molecule has 0 amide bonds. The predicted molar refractivity (Wildman–Crippen MR) is 61.4 cm³/mol. The molecule has 4 heteroatoms. The number of aromatic nitrogens is 2. The summed E-state index contributed by atoms with van der Waals surface area (Å²) in [7, 11) is 1.96. The van der Waals surface area contributed by atoms with E-state index >= 15 is 0 Å². The number of aryl methyl sites for hydroxylation is 1. The SMILES string of the molecule is Cn1ncc(N)c1CN1CCCCCC1. The average molecular weight is 208 g/mol. The van der Waals surface area contributed by atoms with Crippen LogP contribution in [0.5, 0.6) is 0 Å². The first kappa shape index (κ1) is 10.5. The quantitative estimate of drug-likeness (QED) is 0.798. The molecule has 1 saturated heterocycles. The molecule has 0 aromatic carbocycles. The van der Waals surface area contributed by atoms with E-state index in [9.17, 15) is 0 Å². The molecular weight excluding hydrogens is 188 g/mol. The van der Waals surface area contributed by atoms with E-state index in [1.54, 1.807) is 6.20 Å². The molecule has 1 fully saturated rings. The molecule has 0 saturated carbocycles. The summed E-state index contributed by atoms with van der Waals surface area (Å²) in [4.78, 5) is 2.49. The van der Waals surface area contributed by atoms with E-state index in [0.717, 1.165) is 17.9 Å². The molecule has 2 N–H and O–H groups in total. The highest BCUT2D eigenvalue weighted by Gasteiger charge is 2.13. The van der Waals surface area contributed by atoms with Crippen LogP contribution in [0.4, 0.5) is 5.69 Å². The lowest BCUT2D eigenvalue weighted by molar-refractivity contribution is 0.270. The number of rotatable bonds is 2. The molecule has 0 bridgehead atoms. The van der Waals surface area contributed by atoms with E-state index < -0.39 is 0 Å². The second-order valence-electron chi connectivity index (χ2n) is 4.36. The van der Waals surface area contributed by atoms with Gasteiger partial charge in [0.05, 0.1) is 17.6 Å². The fourth-order valence-electron chi connectivity index (χ4n) is 2.18. The molecule has 2 heterocycles. The molecular formula is C11H20N4. The smallest absolute Gasteiger partial charge is 0.0750 e. The predicted octanol–water partition coefficient (Wildman–Crippen LogP) is 1.38. The van der Waals surface area contributed by atoms with Crippen LogP contribution in [0.3, 0.4) is 0 Å². The maximum Gasteiger partial charge on any atom is 0.0750 e. The van der Waals surface area contributed by atoms with Crippen molar-refractivity contribution >= 4 is 5.69 Å². The van der Waals surface area contributed by atoms with Crippen LogP contribution in [-0.2, 0) is 13.6 Å².